The maximum Gasteiger partial charge on any atom is 0.259 e. The van der Waals surface area contributed by atoms with E-state index < -0.39 is 0 Å². The minimum atomic E-state index is -0.294. The predicted octanol–water partition coefficient (Wildman–Crippen LogP) is 3.76. The lowest BCUT2D eigenvalue weighted by atomic mass is 10.1. The van der Waals surface area contributed by atoms with E-state index in [4.69, 9.17) is 9.47 Å². The highest BCUT2D eigenvalue weighted by molar-refractivity contribution is 6.06. The third-order valence-electron chi connectivity index (χ3n) is 4.12. The minimum absolute atomic E-state index is 0.181. The molecule has 3 rings (SSSR count). The number of para-hydroxylation sites is 2. The molecule has 6 nitrogen and oxygen atoms in total. The molecule has 6 heteroatoms. The Morgan fingerprint density at radius 3 is 2.14 bits per heavy atom. The fraction of sp³-hybridized carbons (Fsp3) is 0.130. The van der Waals surface area contributed by atoms with Crippen molar-refractivity contribution in [1.82, 2.24) is 5.32 Å². The molecule has 0 spiro atoms. The quantitative estimate of drug-likeness (QED) is 0.574. The monoisotopic (exact) mass is 390 g/mol. The van der Waals surface area contributed by atoms with Gasteiger partial charge in [0.25, 0.3) is 11.8 Å². The molecule has 0 fully saturated rings. The zero-order chi connectivity index (χ0) is 20.5. The summed E-state index contributed by atoms with van der Waals surface area (Å²) in [6, 6.07) is 23.1. The van der Waals surface area contributed by atoms with Crippen molar-refractivity contribution < 1.29 is 19.1 Å². The van der Waals surface area contributed by atoms with Gasteiger partial charge in [-0.1, -0.05) is 30.3 Å². The topological polar surface area (TPSA) is 76.7 Å². The molecule has 3 aromatic rings. The summed E-state index contributed by atoms with van der Waals surface area (Å²) in [7, 11) is 1.57. The van der Waals surface area contributed by atoms with Crippen LogP contribution < -0.4 is 20.1 Å². The van der Waals surface area contributed by atoms with Crippen molar-refractivity contribution in [2.24, 2.45) is 0 Å². The van der Waals surface area contributed by atoms with Crippen LogP contribution in [0.1, 0.15) is 20.7 Å². The first-order valence-corrected chi connectivity index (χ1v) is 9.20. The fourth-order valence-corrected chi connectivity index (χ4v) is 2.66. The van der Waals surface area contributed by atoms with Gasteiger partial charge in [0.1, 0.15) is 24.7 Å². The average molecular weight is 390 g/mol. The molecule has 0 bridgehead atoms. The summed E-state index contributed by atoms with van der Waals surface area (Å²) in [5, 5.41) is 5.37. The zero-order valence-electron chi connectivity index (χ0n) is 16.1. The highest BCUT2D eigenvalue weighted by Gasteiger charge is 2.13. The van der Waals surface area contributed by atoms with Crippen LogP contribution in [-0.2, 0) is 0 Å². The van der Waals surface area contributed by atoms with E-state index in [9.17, 15) is 9.59 Å². The number of rotatable bonds is 8. The van der Waals surface area contributed by atoms with E-state index in [0.717, 1.165) is 5.75 Å². The van der Waals surface area contributed by atoms with Crippen molar-refractivity contribution in [3.8, 4) is 11.5 Å². The highest BCUT2D eigenvalue weighted by Crippen LogP contribution is 2.20. The Labute approximate surface area is 169 Å². The van der Waals surface area contributed by atoms with E-state index >= 15 is 0 Å². The molecule has 0 saturated carbocycles. The molecule has 2 N–H and O–H groups in total. The third-order valence-corrected chi connectivity index (χ3v) is 4.12. The summed E-state index contributed by atoms with van der Waals surface area (Å²) in [4.78, 5) is 24.3. The van der Waals surface area contributed by atoms with E-state index in [2.05, 4.69) is 10.6 Å². The van der Waals surface area contributed by atoms with Crippen LogP contribution in [0.5, 0.6) is 11.5 Å². The Kier molecular flexibility index (Phi) is 6.84. The van der Waals surface area contributed by atoms with Crippen molar-refractivity contribution in [3.05, 3.63) is 90.0 Å². The van der Waals surface area contributed by atoms with Crippen LogP contribution in [0, 0.1) is 0 Å². The smallest absolute Gasteiger partial charge is 0.259 e. The van der Waals surface area contributed by atoms with Crippen molar-refractivity contribution >= 4 is 17.5 Å². The first kappa shape index (κ1) is 19.9. The number of nitrogens with one attached hydrogen (secondary N) is 2. The number of anilines is 1. The first-order chi connectivity index (χ1) is 14.2. The number of carbonyl (C=O) groups excluding carboxylic acids is 2. The molecular formula is C23H22N2O4. The minimum Gasteiger partial charge on any atom is -0.490 e. The number of benzene rings is 3. The Balaban J connectivity index is 1.58. The molecule has 2 amide bonds. The third kappa shape index (κ3) is 5.59. The summed E-state index contributed by atoms with van der Waals surface area (Å²) < 4.78 is 11.3. The molecule has 0 aliphatic heterocycles. The number of amides is 2. The normalized spacial score (nSPS) is 10.1. The van der Waals surface area contributed by atoms with E-state index in [1.54, 1.807) is 49.5 Å². The number of hydrogen-bond acceptors (Lipinski definition) is 4. The summed E-state index contributed by atoms with van der Waals surface area (Å²) in [5.74, 6) is 0.766. The number of carbonyl (C=O) groups is 2. The van der Waals surface area contributed by atoms with Crippen LogP contribution >= 0.6 is 0 Å². The van der Waals surface area contributed by atoms with E-state index in [1.807, 2.05) is 36.4 Å². The van der Waals surface area contributed by atoms with Gasteiger partial charge in [0, 0.05) is 18.3 Å². The van der Waals surface area contributed by atoms with Gasteiger partial charge in [-0.05, 0) is 48.5 Å². The SMILES string of the molecule is CNC(=O)c1ccc(NC(=O)c2ccccc2OCCOc2ccccc2)cc1. The molecule has 0 saturated heterocycles. The molecule has 29 heavy (non-hydrogen) atoms. The molecule has 0 aliphatic rings. The van der Waals surface area contributed by atoms with E-state index in [0.29, 0.717) is 35.8 Å². The van der Waals surface area contributed by atoms with Crippen LogP contribution in [0.3, 0.4) is 0 Å². The van der Waals surface area contributed by atoms with Crippen LogP contribution in [0.4, 0.5) is 5.69 Å². The molecular weight excluding hydrogens is 368 g/mol. The lowest BCUT2D eigenvalue weighted by Crippen LogP contribution is -2.18. The van der Waals surface area contributed by atoms with Gasteiger partial charge in [-0.2, -0.15) is 0 Å². The first-order valence-electron chi connectivity index (χ1n) is 9.20. The van der Waals surface area contributed by atoms with Gasteiger partial charge in [0.05, 0.1) is 5.56 Å². The molecule has 0 unspecified atom stereocenters. The maximum absolute atomic E-state index is 12.7. The standard InChI is InChI=1S/C23H22N2O4/c1-24-22(26)17-11-13-18(14-12-17)25-23(27)20-9-5-6-10-21(20)29-16-15-28-19-7-3-2-4-8-19/h2-14H,15-16H2,1H3,(H,24,26)(H,25,27). The lowest BCUT2D eigenvalue weighted by Gasteiger charge is -2.12. The van der Waals surface area contributed by atoms with Gasteiger partial charge in [0.15, 0.2) is 0 Å². The Morgan fingerprint density at radius 1 is 0.759 bits per heavy atom. The fourth-order valence-electron chi connectivity index (χ4n) is 2.66. The van der Waals surface area contributed by atoms with Crippen molar-refractivity contribution in [1.29, 1.82) is 0 Å². The number of ether oxygens (including phenoxy) is 2. The van der Waals surface area contributed by atoms with Crippen molar-refractivity contribution in [3.63, 3.8) is 0 Å². The molecule has 0 heterocycles. The van der Waals surface area contributed by atoms with Gasteiger partial charge in [0.2, 0.25) is 0 Å². The van der Waals surface area contributed by atoms with Crippen LogP contribution in [0.15, 0.2) is 78.9 Å². The number of hydrogen-bond donors (Lipinski definition) is 2. The lowest BCUT2D eigenvalue weighted by molar-refractivity contribution is 0.0962. The second-order valence-electron chi connectivity index (χ2n) is 6.12. The van der Waals surface area contributed by atoms with Gasteiger partial charge >= 0.3 is 0 Å². The molecule has 0 radical (unpaired) electrons. The van der Waals surface area contributed by atoms with E-state index in [1.165, 1.54) is 0 Å². The van der Waals surface area contributed by atoms with E-state index in [-0.39, 0.29) is 11.8 Å². The second kappa shape index (κ2) is 9.94. The molecule has 3 aromatic carbocycles. The Hall–Kier alpha value is -3.80. The van der Waals surface area contributed by atoms with Crippen molar-refractivity contribution in [2.75, 3.05) is 25.6 Å². The summed E-state index contributed by atoms with van der Waals surface area (Å²) in [6.45, 7) is 0.668. The van der Waals surface area contributed by atoms with Crippen LogP contribution in [-0.4, -0.2) is 32.1 Å². The highest BCUT2D eigenvalue weighted by atomic mass is 16.5. The molecule has 0 aliphatic carbocycles. The molecule has 0 atom stereocenters. The maximum atomic E-state index is 12.7. The zero-order valence-corrected chi connectivity index (χ0v) is 16.1. The molecule has 148 valence electrons. The Bertz CT molecular complexity index is 956. The second-order valence-corrected chi connectivity index (χ2v) is 6.12. The van der Waals surface area contributed by atoms with Crippen molar-refractivity contribution in [2.45, 2.75) is 0 Å². The predicted molar refractivity (Wildman–Crippen MR) is 112 cm³/mol. The Morgan fingerprint density at radius 2 is 1.41 bits per heavy atom. The molecule has 0 aromatic heterocycles. The van der Waals surface area contributed by atoms with Gasteiger partial charge < -0.3 is 20.1 Å². The van der Waals surface area contributed by atoms with Crippen LogP contribution in [0.2, 0.25) is 0 Å². The summed E-state index contributed by atoms with van der Waals surface area (Å²) in [6.07, 6.45) is 0. The van der Waals surface area contributed by atoms with Crippen LogP contribution in [0.25, 0.3) is 0 Å². The summed E-state index contributed by atoms with van der Waals surface area (Å²) >= 11 is 0. The van der Waals surface area contributed by atoms with Gasteiger partial charge in [-0.25, -0.2) is 0 Å². The largest absolute Gasteiger partial charge is 0.490 e. The summed E-state index contributed by atoms with van der Waals surface area (Å²) in [5.41, 5.74) is 1.53. The van der Waals surface area contributed by atoms with Gasteiger partial charge in [-0.15, -0.1) is 0 Å². The van der Waals surface area contributed by atoms with Gasteiger partial charge in [-0.3, -0.25) is 9.59 Å². The average Bonchev–Trinajstić information content (AvgIpc) is 2.77.